The summed E-state index contributed by atoms with van der Waals surface area (Å²) in [6.07, 6.45) is 0.941. The highest BCUT2D eigenvalue weighted by atomic mass is 16.2. The molecule has 1 saturated heterocycles. The van der Waals surface area contributed by atoms with Crippen LogP contribution in [-0.4, -0.2) is 44.6 Å². The first-order valence-electron chi connectivity index (χ1n) is 5.89. The summed E-state index contributed by atoms with van der Waals surface area (Å²) < 4.78 is 1.87. The van der Waals surface area contributed by atoms with E-state index in [0.717, 1.165) is 11.6 Å². The maximum absolute atomic E-state index is 11.8. The average Bonchev–Trinajstić information content (AvgIpc) is 2.67. The molecule has 1 aliphatic rings. The predicted octanol–water partition coefficient (Wildman–Crippen LogP) is -0.639. The van der Waals surface area contributed by atoms with Gasteiger partial charge in [0.2, 0.25) is 11.8 Å². The van der Waals surface area contributed by atoms with Gasteiger partial charge in [0.1, 0.15) is 11.6 Å². The van der Waals surface area contributed by atoms with Crippen LogP contribution in [0.1, 0.15) is 24.5 Å². The van der Waals surface area contributed by atoms with Crippen molar-refractivity contribution in [3.8, 4) is 0 Å². The molecule has 2 amide bonds. The molecule has 18 heavy (non-hydrogen) atoms. The van der Waals surface area contributed by atoms with Crippen molar-refractivity contribution in [1.82, 2.24) is 25.0 Å². The zero-order valence-corrected chi connectivity index (χ0v) is 10.8. The van der Waals surface area contributed by atoms with E-state index in [1.165, 1.54) is 11.9 Å². The largest absolute Gasteiger partial charge is 0.317 e. The molecule has 0 radical (unpaired) electrons. The number of rotatable bonds is 3. The van der Waals surface area contributed by atoms with Gasteiger partial charge in [-0.1, -0.05) is 0 Å². The van der Waals surface area contributed by atoms with Crippen molar-refractivity contribution in [3.63, 3.8) is 0 Å². The average molecular weight is 251 g/mol. The molecule has 0 spiro atoms. The van der Waals surface area contributed by atoms with Crippen LogP contribution in [-0.2, 0) is 23.2 Å². The number of nitrogens with one attached hydrogen (secondary N) is 1. The third-order valence-electron chi connectivity index (χ3n) is 3.34. The molecule has 1 aromatic rings. The molecular weight excluding hydrogens is 234 g/mol. The molecule has 0 bridgehead atoms. The zero-order chi connectivity index (χ0) is 13.3. The Kier molecular flexibility index (Phi) is 3.42. The summed E-state index contributed by atoms with van der Waals surface area (Å²) >= 11 is 0. The molecule has 7 nitrogen and oxygen atoms in total. The summed E-state index contributed by atoms with van der Waals surface area (Å²) in [6.45, 7) is 2.34. The van der Waals surface area contributed by atoms with Crippen molar-refractivity contribution >= 4 is 11.8 Å². The molecule has 1 fully saturated rings. The number of hydrogen-bond acceptors (Lipinski definition) is 5. The van der Waals surface area contributed by atoms with E-state index in [-0.39, 0.29) is 17.9 Å². The minimum Gasteiger partial charge on any atom is -0.317 e. The second kappa shape index (κ2) is 4.85. The summed E-state index contributed by atoms with van der Waals surface area (Å²) in [5.74, 6) is 1.31. The van der Waals surface area contributed by atoms with Gasteiger partial charge in [-0.25, -0.2) is 0 Å². The Bertz CT molecular complexity index is 482. The number of likely N-dealkylation sites (tertiary alicyclic amines) is 1. The Morgan fingerprint density at radius 2 is 2.06 bits per heavy atom. The van der Waals surface area contributed by atoms with Gasteiger partial charge in [0, 0.05) is 20.5 Å². The second-order valence-electron chi connectivity index (χ2n) is 4.49. The molecule has 2 heterocycles. The number of hydrogen-bond donors (Lipinski definition) is 1. The standard InChI is InChI=1S/C11H17N5O2/c1-7-13-14-9(15(7)2)6-12-8-4-5-10(17)16(3)11(8)18/h8,12H,4-6H2,1-3H3. The van der Waals surface area contributed by atoms with Crippen LogP contribution in [0.15, 0.2) is 0 Å². The molecule has 1 aliphatic heterocycles. The van der Waals surface area contributed by atoms with Crippen LogP contribution in [0, 0.1) is 6.92 Å². The molecule has 0 aromatic carbocycles. The van der Waals surface area contributed by atoms with Crippen molar-refractivity contribution < 1.29 is 9.59 Å². The Hall–Kier alpha value is -1.76. The maximum atomic E-state index is 11.8. The SMILES string of the molecule is Cc1nnc(CNC2CCC(=O)N(C)C2=O)n1C. The third-order valence-corrected chi connectivity index (χ3v) is 3.34. The first-order chi connectivity index (χ1) is 8.50. The normalized spacial score (nSPS) is 20.6. The van der Waals surface area contributed by atoms with Crippen LogP contribution in [0.4, 0.5) is 0 Å². The van der Waals surface area contributed by atoms with Crippen LogP contribution < -0.4 is 5.32 Å². The van der Waals surface area contributed by atoms with Gasteiger partial charge in [0.25, 0.3) is 0 Å². The van der Waals surface area contributed by atoms with Crippen LogP contribution in [0.2, 0.25) is 0 Å². The van der Waals surface area contributed by atoms with Crippen LogP contribution in [0.5, 0.6) is 0 Å². The molecular formula is C11H17N5O2. The highest BCUT2D eigenvalue weighted by molar-refractivity contribution is 6.00. The first kappa shape index (κ1) is 12.7. The summed E-state index contributed by atoms with van der Waals surface area (Å²) in [7, 11) is 3.40. The van der Waals surface area contributed by atoms with Gasteiger partial charge < -0.3 is 4.57 Å². The molecule has 7 heteroatoms. The number of piperidine rings is 1. The molecule has 1 atom stereocenters. The number of carbonyl (C=O) groups is 2. The second-order valence-corrected chi connectivity index (χ2v) is 4.49. The van der Waals surface area contributed by atoms with E-state index in [1.54, 1.807) is 0 Å². The van der Waals surface area contributed by atoms with Crippen molar-refractivity contribution in [2.75, 3.05) is 7.05 Å². The van der Waals surface area contributed by atoms with E-state index >= 15 is 0 Å². The molecule has 0 aliphatic carbocycles. The fraction of sp³-hybridized carbons (Fsp3) is 0.636. The lowest BCUT2D eigenvalue weighted by atomic mass is 10.0. The minimum atomic E-state index is -0.315. The number of carbonyl (C=O) groups excluding carboxylic acids is 2. The van der Waals surface area contributed by atoms with Crippen LogP contribution >= 0.6 is 0 Å². The third kappa shape index (κ3) is 2.26. The number of imide groups is 1. The quantitative estimate of drug-likeness (QED) is 0.723. The van der Waals surface area contributed by atoms with Crippen molar-refractivity contribution in [3.05, 3.63) is 11.6 Å². The van der Waals surface area contributed by atoms with E-state index in [4.69, 9.17) is 0 Å². The van der Waals surface area contributed by atoms with Gasteiger partial charge in [-0.15, -0.1) is 10.2 Å². The highest BCUT2D eigenvalue weighted by Crippen LogP contribution is 2.11. The fourth-order valence-corrected chi connectivity index (χ4v) is 1.92. The summed E-state index contributed by atoms with van der Waals surface area (Å²) in [5, 5.41) is 11.1. The number of aryl methyl sites for hydroxylation is 1. The lowest BCUT2D eigenvalue weighted by Crippen LogP contribution is -2.51. The van der Waals surface area contributed by atoms with E-state index in [0.29, 0.717) is 19.4 Å². The summed E-state index contributed by atoms with van der Waals surface area (Å²) in [5.41, 5.74) is 0. The van der Waals surface area contributed by atoms with E-state index in [9.17, 15) is 9.59 Å². The van der Waals surface area contributed by atoms with E-state index in [2.05, 4.69) is 15.5 Å². The molecule has 1 unspecified atom stereocenters. The number of nitrogens with zero attached hydrogens (tertiary/aromatic N) is 4. The van der Waals surface area contributed by atoms with Gasteiger partial charge in [-0.3, -0.25) is 19.8 Å². The summed E-state index contributed by atoms with van der Waals surface area (Å²) in [6, 6.07) is -0.315. The predicted molar refractivity (Wildman–Crippen MR) is 63.4 cm³/mol. The number of amides is 2. The Morgan fingerprint density at radius 1 is 1.33 bits per heavy atom. The monoisotopic (exact) mass is 251 g/mol. The fourth-order valence-electron chi connectivity index (χ4n) is 1.92. The number of likely N-dealkylation sites (N-methyl/N-ethyl adjacent to an activating group) is 1. The maximum Gasteiger partial charge on any atom is 0.246 e. The zero-order valence-electron chi connectivity index (χ0n) is 10.8. The minimum absolute atomic E-state index is 0.118. The number of aromatic nitrogens is 3. The lowest BCUT2D eigenvalue weighted by molar-refractivity contribution is -0.148. The first-order valence-corrected chi connectivity index (χ1v) is 5.89. The molecule has 1 N–H and O–H groups in total. The molecule has 0 saturated carbocycles. The smallest absolute Gasteiger partial charge is 0.246 e. The topological polar surface area (TPSA) is 80.1 Å². The van der Waals surface area contributed by atoms with E-state index in [1.807, 2.05) is 18.5 Å². The van der Waals surface area contributed by atoms with Gasteiger partial charge in [0.05, 0.1) is 12.6 Å². The Morgan fingerprint density at radius 3 is 2.67 bits per heavy atom. The van der Waals surface area contributed by atoms with Gasteiger partial charge in [-0.2, -0.15) is 0 Å². The summed E-state index contributed by atoms with van der Waals surface area (Å²) in [4.78, 5) is 24.4. The Balaban J connectivity index is 1.97. The van der Waals surface area contributed by atoms with Gasteiger partial charge in [-0.05, 0) is 13.3 Å². The molecule has 98 valence electrons. The molecule has 1 aromatic heterocycles. The van der Waals surface area contributed by atoms with Crippen molar-refractivity contribution in [1.29, 1.82) is 0 Å². The lowest BCUT2D eigenvalue weighted by Gasteiger charge is -2.28. The highest BCUT2D eigenvalue weighted by Gasteiger charge is 2.31. The van der Waals surface area contributed by atoms with Gasteiger partial charge >= 0.3 is 0 Å². The van der Waals surface area contributed by atoms with E-state index < -0.39 is 0 Å². The molecule has 2 rings (SSSR count). The van der Waals surface area contributed by atoms with Crippen LogP contribution in [0.3, 0.4) is 0 Å². The van der Waals surface area contributed by atoms with Crippen molar-refractivity contribution in [2.45, 2.75) is 32.4 Å². The van der Waals surface area contributed by atoms with Gasteiger partial charge in [0.15, 0.2) is 0 Å². The Labute approximate surface area is 105 Å². The van der Waals surface area contributed by atoms with Crippen LogP contribution in [0.25, 0.3) is 0 Å². The van der Waals surface area contributed by atoms with Crippen molar-refractivity contribution in [2.24, 2.45) is 7.05 Å².